The summed E-state index contributed by atoms with van der Waals surface area (Å²) >= 11 is 0. The van der Waals surface area contributed by atoms with E-state index in [1.807, 2.05) is 37.3 Å². The molecule has 0 aliphatic rings. The van der Waals surface area contributed by atoms with E-state index in [1.54, 1.807) is 6.08 Å². The minimum atomic E-state index is -0.886. The van der Waals surface area contributed by atoms with Crippen LogP contribution in [0, 0.1) is 0 Å². The van der Waals surface area contributed by atoms with Gasteiger partial charge in [-0.2, -0.15) is 0 Å². The lowest BCUT2D eigenvalue weighted by atomic mass is 10.1. The average molecular weight is 220 g/mol. The third-order valence-corrected chi connectivity index (χ3v) is 2.14. The number of rotatable bonds is 6. The minimum absolute atomic E-state index is 0.375. The molecule has 0 amide bonds. The Labute approximate surface area is 95.4 Å². The average Bonchev–Trinajstić information content (AvgIpc) is 2.29. The van der Waals surface area contributed by atoms with Crippen LogP contribution in [0.15, 0.2) is 35.9 Å². The van der Waals surface area contributed by atoms with Crippen LogP contribution in [-0.4, -0.2) is 24.3 Å². The number of carbonyl (C=O) groups is 1. The van der Waals surface area contributed by atoms with E-state index in [1.165, 1.54) is 0 Å². The van der Waals surface area contributed by atoms with Crippen molar-refractivity contribution in [2.45, 2.75) is 13.3 Å². The molecule has 0 radical (unpaired) electrons. The van der Waals surface area contributed by atoms with Gasteiger partial charge < -0.3 is 9.84 Å². The molecule has 1 aromatic carbocycles. The molecule has 0 atom stereocenters. The molecule has 0 fully saturated rings. The van der Waals surface area contributed by atoms with Crippen LogP contribution in [0.1, 0.15) is 18.9 Å². The summed E-state index contributed by atoms with van der Waals surface area (Å²) in [5, 5.41) is 9.01. The number of ether oxygens (including phenoxy) is 1. The maximum absolute atomic E-state index is 11.0. The fourth-order valence-corrected chi connectivity index (χ4v) is 1.32. The molecule has 1 N–H and O–H groups in total. The SMILES string of the molecule is CCOCCC(=Cc1ccccc1)C(=O)O. The van der Waals surface area contributed by atoms with Crippen molar-refractivity contribution in [3.63, 3.8) is 0 Å². The molecule has 86 valence electrons. The smallest absolute Gasteiger partial charge is 0.331 e. The van der Waals surface area contributed by atoms with Crippen molar-refractivity contribution in [3.05, 3.63) is 41.5 Å². The number of aliphatic carboxylic acids is 1. The molecule has 0 aliphatic carbocycles. The highest BCUT2D eigenvalue weighted by Gasteiger charge is 2.06. The van der Waals surface area contributed by atoms with Crippen molar-refractivity contribution < 1.29 is 14.6 Å². The fourth-order valence-electron chi connectivity index (χ4n) is 1.32. The van der Waals surface area contributed by atoms with Crippen LogP contribution in [0.5, 0.6) is 0 Å². The topological polar surface area (TPSA) is 46.5 Å². The Balaban J connectivity index is 2.70. The first-order chi connectivity index (χ1) is 7.74. The Bertz CT molecular complexity index is 355. The molecule has 0 saturated carbocycles. The van der Waals surface area contributed by atoms with Gasteiger partial charge in [0, 0.05) is 18.6 Å². The molecule has 0 heterocycles. The van der Waals surface area contributed by atoms with Crippen LogP contribution >= 0.6 is 0 Å². The zero-order valence-corrected chi connectivity index (χ0v) is 9.35. The van der Waals surface area contributed by atoms with Crippen LogP contribution in [-0.2, 0) is 9.53 Å². The number of carboxylic acids is 1. The second-order valence-electron chi connectivity index (χ2n) is 3.33. The maximum Gasteiger partial charge on any atom is 0.331 e. The molecule has 0 aromatic heterocycles. The highest BCUT2D eigenvalue weighted by Crippen LogP contribution is 2.10. The van der Waals surface area contributed by atoms with Crippen molar-refractivity contribution in [1.82, 2.24) is 0 Å². The van der Waals surface area contributed by atoms with Gasteiger partial charge in [0.15, 0.2) is 0 Å². The molecule has 3 heteroatoms. The molecule has 0 saturated heterocycles. The quantitative estimate of drug-likeness (QED) is 0.592. The van der Waals surface area contributed by atoms with Gasteiger partial charge in [0.1, 0.15) is 0 Å². The summed E-state index contributed by atoms with van der Waals surface area (Å²) in [6.07, 6.45) is 2.11. The van der Waals surface area contributed by atoms with Gasteiger partial charge in [0.2, 0.25) is 0 Å². The molecule has 0 unspecified atom stereocenters. The summed E-state index contributed by atoms with van der Waals surface area (Å²) in [4.78, 5) is 11.0. The zero-order valence-electron chi connectivity index (χ0n) is 9.35. The van der Waals surface area contributed by atoms with Gasteiger partial charge in [-0.1, -0.05) is 30.3 Å². The standard InChI is InChI=1S/C13H16O3/c1-2-16-9-8-12(13(14)15)10-11-6-4-3-5-7-11/h3-7,10H,2,8-9H2,1H3,(H,14,15). The van der Waals surface area contributed by atoms with Gasteiger partial charge in [-0.15, -0.1) is 0 Å². The Morgan fingerprint density at radius 2 is 2.06 bits per heavy atom. The molecule has 16 heavy (non-hydrogen) atoms. The Morgan fingerprint density at radius 3 is 2.62 bits per heavy atom. The third-order valence-electron chi connectivity index (χ3n) is 2.14. The van der Waals surface area contributed by atoms with Crippen LogP contribution in [0.4, 0.5) is 0 Å². The second-order valence-corrected chi connectivity index (χ2v) is 3.33. The predicted octanol–water partition coefficient (Wildman–Crippen LogP) is 2.58. The predicted molar refractivity (Wildman–Crippen MR) is 63.2 cm³/mol. The third kappa shape index (κ3) is 4.28. The second kappa shape index (κ2) is 6.80. The lowest BCUT2D eigenvalue weighted by molar-refractivity contribution is -0.132. The summed E-state index contributed by atoms with van der Waals surface area (Å²) in [5.41, 5.74) is 1.27. The van der Waals surface area contributed by atoms with Crippen LogP contribution in [0.2, 0.25) is 0 Å². The number of hydrogen-bond donors (Lipinski definition) is 1. The summed E-state index contributed by atoms with van der Waals surface area (Å²) < 4.78 is 5.15. The normalized spacial score (nSPS) is 11.4. The molecule has 0 spiro atoms. The van der Waals surface area contributed by atoms with Gasteiger partial charge in [-0.05, 0) is 18.6 Å². The molecule has 0 aliphatic heterocycles. The number of benzene rings is 1. The van der Waals surface area contributed by atoms with Crippen molar-refractivity contribution in [2.75, 3.05) is 13.2 Å². The van der Waals surface area contributed by atoms with Crippen LogP contribution in [0.25, 0.3) is 6.08 Å². The molecule has 0 bridgehead atoms. The van der Waals surface area contributed by atoms with Gasteiger partial charge >= 0.3 is 5.97 Å². The largest absolute Gasteiger partial charge is 0.478 e. The monoisotopic (exact) mass is 220 g/mol. The van der Waals surface area contributed by atoms with E-state index < -0.39 is 5.97 Å². The van der Waals surface area contributed by atoms with E-state index in [9.17, 15) is 4.79 Å². The van der Waals surface area contributed by atoms with Gasteiger partial charge in [0.25, 0.3) is 0 Å². The molecular weight excluding hydrogens is 204 g/mol. The van der Waals surface area contributed by atoms with E-state index in [0.717, 1.165) is 5.56 Å². The van der Waals surface area contributed by atoms with E-state index in [4.69, 9.17) is 9.84 Å². The van der Waals surface area contributed by atoms with Crippen LogP contribution in [0.3, 0.4) is 0 Å². The Kier molecular flexibility index (Phi) is 5.29. The van der Waals surface area contributed by atoms with Crippen molar-refractivity contribution in [1.29, 1.82) is 0 Å². The molecular formula is C13H16O3. The van der Waals surface area contributed by atoms with E-state index in [0.29, 0.717) is 25.2 Å². The van der Waals surface area contributed by atoms with Crippen LogP contribution < -0.4 is 0 Å². The molecule has 3 nitrogen and oxygen atoms in total. The van der Waals surface area contributed by atoms with E-state index in [2.05, 4.69) is 0 Å². The van der Waals surface area contributed by atoms with Crippen molar-refractivity contribution >= 4 is 12.0 Å². The van der Waals surface area contributed by atoms with Gasteiger partial charge in [0.05, 0.1) is 6.61 Å². The van der Waals surface area contributed by atoms with E-state index in [-0.39, 0.29) is 0 Å². The first-order valence-electron chi connectivity index (χ1n) is 5.30. The summed E-state index contributed by atoms with van der Waals surface area (Å²) in [6.45, 7) is 2.95. The van der Waals surface area contributed by atoms with Crippen molar-refractivity contribution in [2.24, 2.45) is 0 Å². The summed E-state index contributed by atoms with van der Waals surface area (Å²) in [5.74, 6) is -0.886. The number of carboxylic acid groups (broad SMARTS) is 1. The lowest BCUT2D eigenvalue weighted by Crippen LogP contribution is -2.04. The molecule has 1 rings (SSSR count). The first kappa shape index (κ1) is 12.5. The minimum Gasteiger partial charge on any atom is -0.478 e. The number of hydrogen-bond acceptors (Lipinski definition) is 2. The van der Waals surface area contributed by atoms with Gasteiger partial charge in [-0.3, -0.25) is 0 Å². The maximum atomic E-state index is 11.0. The zero-order chi connectivity index (χ0) is 11.8. The molecule has 1 aromatic rings. The first-order valence-corrected chi connectivity index (χ1v) is 5.30. The summed E-state index contributed by atoms with van der Waals surface area (Å²) in [7, 11) is 0. The summed E-state index contributed by atoms with van der Waals surface area (Å²) in [6, 6.07) is 9.42. The van der Waals surface area contributed by atoms with Gasteiger partial charge in [-0.25, -0.2) is 4.79 Å². The highest BCUT2D eigenvalue weighted by molar-refractivity contribution is 5.92. The fraction of sp³-hybridized carbons (Fsp3) is 0.308. The Morgan fingerprint density at radius 1 is 1.38 bits per heavy atom. The highest BCUT2D eigenvalue weighted by atomic mass is 16.5. The van der Waals surface area contributed by atoms with Crippen molar-refractivity contribution in [3.8, 4) is 0 Å². The lowest BCUT2D eigenvalue weighted by Gasteiger charge is -2.03. The van der Waals surface area contributed by atoms with E-state index >= 15 is 0 Å². The Hall–Kier alpha value is -1.61.